The van der Waals surface area contributed by atoms with E-state index >= 15 is 0 Å². The van der Waals surface area contributed by atoms with Gasteiger partial charge in [-0.05, 0) is 44.1 Å². The van der Waals surface area contributed by atoms with Crippen molar-refractivity contribution < 1.29 is 9.18 Å². The zero-order valence-electron chi connectivity index (χ0n) is 18.4. The molecule has 172 valence electrons. The van der Waals surface area contributed by atoms with Crippen molar-refractivity contribution in [2.45, 2.75) is 36.2 Å². The Kier molecular flexibility index (Phi) is 5.55. The number of fused-ring (bicyclic) bond motifs is 1. The summed E-state index contributed by atoms with van der Waals surface area (Å²) in [5.41, 5.74) is 3.71. The van der Waals surface area contributed by atoms with Gasteiger partial charge in [0.05, 0.1) is 33.9 Å². The molecule has 0 bridgehead atoms. The second-order valence-corrected chi connectivity index (χ2v) is 10.2. The Labute approximate surface area is 196 Å². The summed E-state index contributed by atoms with van der Waals surface area (Å²) in [6.07, 6.45) is 7.63. The topological polar surface area (TPSA) is 73.4 Å². The number of likely N-dealkylation sites (tertiary alicyclic amines) is 1. The first-order valence-corrected chi connectivity index (χ1v) is 12.6. The van der Waals surface area contributed by atoms with E-state index in [1.807, 2.05) is 18.2 Å². The molecular formula is C24H27FN6OS. The first-order chi connectivity index (χ1) is 16.1. The first kappa shape index (κ1) is 21.1. The summed E-state index contributed by atoms with van der Waals surface area (Å²) in [7, 11) is 0. The monoisotopic (exact) mass is 466 g/mol. The molecule has 4 aliphatic rings. The van der Waals surface area contributed by atoms with Crippen molar-refractivity contribution in [3.63, 3.8) is 0 Å². The molecule has 0 radical (unpaired) electrons. The molecule has 1 saturated heterocycles. The summed E-state index contributed by atoms with van der Waals surface area (Å²) >= 11 is 1.53. The maximum atomic E-state index is 14.7. The number of nitrogens with one attached hydrogen (secondary N) is 2. The number of hydrogen-bond acceptors (Lipinski definition) is 7. The Bertz CT molecular complexity index is 1120. The highest BCUT2D eigenvalue weighted by Crippen LogP contribution is 2.42. The number of aromatic nitrogens is 2. The van der Waals surface area contributed by atoms with Crippen molar-refractivity contribution in [1.82, 2.24) is 20.2 Å². The minimum absolute atomic E-state index is 0.00993. The van der Waals surface area contributed by atoms with E-state index in [9.17, 15) is 9.18 Å². The molecule has 2 aromatic heterocycles. The number of nitrogens with zero attached hydrogens (tertiary/aromatic N) is 4. The summed E-state index contributed by atoms with van der Waals surface area (Å²) in [5, 5.41) is 6.49. The molecule has 1 fully saturated rings. The van der Waals surface area contributed by atoms with Gasteiger partial charge in [0.1, 0.15) is 11.6 Å². The Balaban J connectivity index is 1.03. The van der Waals surface area contributed by atoms with E-state index in [1.54, 1.807) is 0 Å². The van der Waals surface area contributed by atoms with Crippen LogP contribution in [0.15, 0.2) is 29.3 Å². The van der Waals surface area contributed by atoms with E-state index < -0.39 is 0 Å². The van der Waals surface area contributed by atoms with Crippen molar-refractivity contribution >= 4 is 35.3 Å². The van der Waals surface area contributed by atoms with Gasteiger partial charge in [0.25, 0.3) is 0 Å². The number of amides is 1. The van der Waals surface area contributed by atoms with E-state index in [2.05, 4.69) is 36.5 Å². The summed E-state index contributed by atoms with van der Waals surface area (Å²) in [6, 6.07) is 4.52. The number of anilines is 2. The van der Waals surface area contributed by atoms with Crippen LogP contribution in [0.25, 0.3) is 6.08 Å². The fraction of sp³-hybridized carbons (Fsp3) is 0.458. The minimum atomic E-state index is -0.166. The number of pyridine rings is 2. The van der Waals surface area contributed by atoms with E-state index in [4.69, 9.17) is 0 Å². The van der Waals surface area contributed by atoms with Crippen molar-refractivity contribution in [3.8, 4) is 0 Å². The average Bonchev–Trinajstić information content (AvgIpc) is 3.20. The SMILES string of the molecule is O=C1CSc2ccc(CNC3CCN(CC4CN5CC=Cc6ncc(F)c4c65)CC3)nc2N1. The Hall–Kier alpha value is -2.49. The van der Waals surface area contributed by atoms with Crippen LogP contribution in [0.4, 0.5) is 15.9 Å². The maximum Gasteiger partial charge on any atom is 0.235 e. The zero-order chi connectivity index (χ0) is 22.4. The number of piperidine rings is 1. The molecule has 1 atom stereocenters. The summed E-state index contributed by atoms with van der Waals surface area (Å²) < 4.78 is 14.7. The maximum absolute atomic E-state index is 14.7. The number of thioether (sulfide) groups is 1. The molecule has 0 spiro atoms. The van der Waals surface area contributed by atoms with E-state index in [0.29, 0.717) is 24.2 Å². The normalized spacial score (nSPS) is 22.3. The molecule has 2 aromatic rings. The predicted molar refractivity (Wildman–Crippen MR) is 128 cm³/mol. The molecule has 0 saturated carbocycles. The highest BCUT2D eigenvalue weighted by Gasteiger charge is 2.36. The highest BCUT2D eigenvalue weighted by atomic mass is 32.2. The number of rotatable bonds is 5. The first-order valence-electron chi connectivity index (χ1n) is 11.6. The minimum Gasteiger partial charge on any atom is -0.365 e. The van der Waals surface area contributed by atoms with Gasteiger partial charge in [-0.1, -0.05) is 6.08 Å². The van der Waals surface area contributed by atoms with Gasteiger partial charge in [-0.25, -0.2) is 9.37 Å². The van der Waals surface area contributed by atoms with Gasteiger partial charge in [-0.2, -0.15) is 0 Å². The lowest BCUT2D eigenvalue weighted by Crippen LogP contribution is -2.44. The third-order valence-electron chi connectivity index (χ3n) is 7.01. The quantitative estimate of drug-likeness (QED) is 0.702. The largest absolute Gasteiger partial charge is 0.365 e. The van der Waals surface area contributed by atoms with Gasteiger partial charge in [0.15, 0.2) is 0 Å². The molecule has 6 heterocycles. The van der Waals surface area contributed by atoms with E-state index in [-0.39, 0.29) is 17.6 Å². The number of carbonyl (C=O) groups is 1. The number of halogens is 1. The average molecular weight is 467 g/mol. The van der Waals surface area contributed by atoms with Crippen molar-refractivity contribution in [2.24, 2.45) is 0 Å². The van der Waals surface area contributed by atoms with Gasteiger partial charge in [0.2, 0.25) is 5.91 Å². The molecule has 1 unspecified atom stereocenters. The zero-order valence-corrected chi connectivity index (χ0v) is 19.2. The highest BCUT2D eigenvalue weighted by molar-refractivity contribution is 8.00. The van der Waals surface area contributed by atoms with Crippen LogP contribution in [0.2, 0.25) is 0 Å². The van der Waals surface area contributed by atoms with Crippen LogP contribution in [0.3, 0.4) is 0 Å². The molecule has 6 rings (SSSR count). The molecule has 0 aromatic carbocycles. The van der Waals surface area contributed by atoms with Crippen molar-refractivity contribution in [1.29, 1.82) is 0 Å². The lowest BCUT2D eigenvalue weighted by molar-refractivity contribution is -0.113. The van der Waals surface area contributed by atoms with Crippen molar-refractivity contribution in [2.75, 3.05) is 48.7 Å². The van der Waals surface area contributed by atoms with Gasteiger partial charge < -0.3 is 20.4 Å². The number of hydrogen-bond donors (Lipinski definition) is 2. The molecule has 33 heavy (non-hydrogen) atoms. The molecule has 4 aliphatic heterocycles. The molecule has 0 aliphatic carbocycles. The van der Waals surface area contributed by atoms with Crippen LogP contribution in [0, 0.1) is 5.82 Å². The molecule has 7 nitrogen and oxygen atoms in total. The Morgan fingerprint density at radius 3 is 3.03 bits per heavy atom. The van der Waals surface area contributed by atoms with Gasteiger partial charge in [-0.15, -0.1) is 11.8 Å². The second-order valence-electron chi connectivity index (χ2n) is 9.20. The van der Waals surface area contributed by atoms with Crippen LogP contribution >= 0.6 is 11.8 Å². The van der Waals surface area contributed by atoms with E-state index in [1.165, 1.54) is 18.0 Å². The summed E-state index contributed by atoms with van der Waals surface area (Å²) in [6.45, 7) is 5.30. The molecule has 1 amide bonds. The third kappa shape index (κ3) is 4.13. The number of carbonyl (C=O) groups excluding carboxylic acids is 1. The molecule has 9 heteroatoms. The van der Waals surface area contributed by atoms with Crippen LogP contribution in [0.5, 0.6) is 0 Å². The molecule has 2 N–H and O–H groups in total. The lowest BCUT2D eigenvalue weighted by Gasteiger charge is -2.34. The van der Waals surface area contributed by atoms with Crippen LogP contribution in [0.1, 0.15) is 35.7 Å². The van der Waals surface area contributed by atoms with Crippen LogP contribution in [-0.4, -0.2) is 65.3 Å². The smallest absolute Gasteiger partial charge is 0.235 e. The van der Waals surface area contributed by atoms with Crippen LogP contribution in [-0.2, 0) is 11.3 Å². The fourth-order valence-corrected chi connectivity index (χ4v) is 6.15. The molecular weight excluding hydrogens is 439 g/mol. The van der Waals surface area contributed by atoms with Gasteiger partial charge in [0, 0.05) is 43.7 Å². The van der Waals surface area contributed by atoms with Gasteiger partial charge >= 0.3 is 0 Å². The lowest BCUT2D eigenvalue weighted by atomic mass is 9.97. The standard InChI is InChI=1S/C24H27FN6OS/c25-18-11-27-19-2-1-7-31-13-15(22(18)23(19)31)12-30-8-5-16(6-9-30)26-10-17-3-4-20-24(28-17)29-21(32)14-33-20/h1-4,11,15-16,26H,5-10,12-14H2,(H,28,29,32). The fourth-order valence-electron chi connectivity index (χ4n) is 5.39. The second kappa shape index (κ2) is 8.70. The van der Waals surface area contributed by atoms with Gasteiger partial charge in [-0.3, -0.25) is 9.78 Å². The summed E-state index contributed by atoms with van der Waals surface area (Å²) in [5.74, 6) is 1.17. The predicted octanol–water partition coefficient (Wildman–Crippen LogP) is 2.84. The summed E-state index contributed by atoms with van der Waals surface area (Å²) in [4.78, 5) is 26.3. The third-order valence-corrected chi connectivity index (χ3v) is 8.06. The van der Waals surface area contributed by atoms with Crippen LogP contribution < -0.4 is 15.5 Å². The Morgan fingerprint density at radius 2 is 2.15 bits per heavy atom. The Morgan fingerprint density at radius 1 is 1.27 bits per heavy atom. The van der Waals surface area contributed by atoms with Crippen molar-refractivity contribution in [3.05, 3.63) is 47.2 Å². The van der Waals surface area contributed by atoms with E-state index in [0.717, 1.165) is 73.1 Å².